The highest BCUT2D eigenvalue weighted by Crippen LogP contribution is 2.30. The average molecular weight is 320 g/mol. The van der Waals surface area contributed by atoms with E-state index >= 15 is 0 Å². The minimum absolute atomic E-state index is 0.130. The highest BCUT2D eigenvalue weighted by molar-refractivity contribution is 9.10. The van der Waals surface area contributed by atoms with Gasteiger partial charge in [0.05, 0.1) is 15.5 Å². The summed E-state index contributed by atoms with van der Waals surface area (Å²) in [6, 6.07) is 2.12. The topological polar surface area (TPSA) is 98.3 Å². The third-order valence-electron chi connectivity index (χ3n) is 2.15. The van der Waals surface area contributed by atoms with Gasteiger partial charge in [-0.25, -0.2) is 4.39 Å². The van der Waals surface area contributed by atoms with Crippen molar-refractivity contribution in [3.8, 4) is 0 Å². The standard InChI is InChI=1S/C10H11BrFN3O3/c11-6-4-8(14-3-1-2-10(13)16)9(15(17)18)5-7(6)12/h4-5,14H,1-3H2,(H2,13,16). The fraction of sp³-hybridized carbons (Fsp3) is 0.300. The van der Waals surface area contributed by atoms with Crippen LogP contribution in [0, 0.1) is 15.9 Å². The first-order chi connectivity index (χ1) is 8.41. The second-order valence-corrected chi connectivity index (χ2v) is 4.39. The first-order valence-electron chi connectivity index (χ1n) is 5.07. The van der Waals surface area contributed by atoms with Gasteiger partial charge in [0.2, 0.25) is 5.91 Å². The Hall–Kier alpha value is -1.70. The number of amides is 1. The maximum absolute atomic E-state index is 13.2. The molecule has 0 saturated heterocycles. The zero-order chi connectivity index (χ0) is 13.7. The van der Waals surface area contributed by atoms with Crippen LogP contribution in [0.4, 0.5) is 15.8 Å². The minimum atomic E-state index is -0.704. The highest BCUT2D eigenvalue weighted by Gasteiger charge is 2.17. The summed E-state index contributed by atoms with van der Waals surface area (Å²) in [7, 11) is 0. The molecule has 1 rings (SSSR count). The molecule has 18 heavy (non-hydrogen) atoms. The Kier molecular flexibility index (Phi) is 5.02. The number of nitro benzene ring substituents is 1. The van der Waals surface area contributed by atoms with Gasteiger partial charge in [0.25, 0.3) is 5.69 Å². The van der Waals surface area contributed by atoms with Crippen LogP contribution in [-0.4, -0.2) is 17.4 Å². The number of nitrogens with two attached hydrogens (primary N) is 1. The van der Waals surface area contributed by atoms with Crippen LogP contribution in [0.1, 0.15) is 12.8 Å². The monoisotopic (exact) mass is 319 g/mol. The van der Waals surface area contributed by atoms with Crippen LogP contribution in [0.3, 0.4) is 0 Å². The van der Waals surface area contributed by atoms with Crippen LogP contribution in [0.2, 0.25) is 0 Å². The molecule has 6 nitrogen and oxygen atoms in total. The van der Waals surface area contributed by atoms with Crippen molar-refractivity contribution in [2.75, 3.05) is 11.9 Å². The van der Waals surface area contributed by atoms with Gasteiger partial charge in [0.15, 0.2) is 0 Å². The van der Waals surface area contributed by atoms with Crippen molar-refractivity contribution in [2.45, 2.75) is 12.8 Å². The van der Waals surface area contributed by atoms with E-state index in [4.69, 9.17) is 5.73 Å². The molecule has 0 fully saturated rings. The summed E-state index contributed by atoms with van der Waals surface area (Å²) in [4.78, 5) is 20.6. The minimum Gasteiger partial charge on any atom is -0.379 e. The Balaban J connectivity index is 2.77. The van der Waals surface area contributed by atoms with Gasteiger partial charge in [-0.2, -0.15) is 0 Å². The predicted molar refractivity (Wildman–Crippen MR) is 67.7 cm³/mol. The van der Waals surface area contributed by atoms with Crippen molar-refractivity contribution >= 4 is 33.2 Å². The molecule has 0 aromatic heterocycles. The number of hydrogen-bond donors (Lipinski definition) is 2. The normalized spacial score (nSPS) is 10.1. The van der Waals surface area contributed by atoms with Crippen LogP contribution in [0.5, 0.6) is 0 Å². The van der Waals surface area contributed by atoms with Gasteiger partial charge in [0, 0.05) is 13.0 Å². The molecule has 0 saturated carbocycles. The van der Waals surface area contributed by atoms with E-state index in [1.807, 2.05) is 0 Å². The average Bonchev–Trinajstić information content (AvgIpc) is 2.28. The fourth-order valence-corrected chi connectivity index (χ4v) is 1.66. The van der Waals surface area contributed by atoms with Gasteiger partial charge in [-0.3, -0.25) is 14.9 Å². The Morgan fingerprint density at radius 1 is 1.56 bits per heavy atom. The lowest BCUT2D eigenvalue weighted by Crippen LogP contribution is -2.13. The van der Waals surface area contributed by atoms with E-state index in [-0.39, 0.29) is 22.3 Å². The first-order valence-corrected chi connectivity index (χ1v) is 5.86. The maximum Gasteiger partial charge on any atom is 0.295 e. The number of primary amides is 1. The Morgan fingerprint density at radius 3 is 2.78 bits per heavy atom. The van der Waals surface area contributed by atoms with E-state index in [0.717, 1.165) is 6.07 Å². The number of carbonyl (C=O) groups is 1. The van der Waals surface area contributed by atoms with E-state index in [2.05, 4.69) is 21.2 Å². The van der Waals surface area contributed by atoms with Crippen molar-refractivity contribution in [1.29, 1.82) is 0 Å². The predicted octanol–water partition coefficient (Wildman–Crippen LogP) is 2.17. The fourth-order valence-electron chi connectivity index (χ4n) is 1.31. The van der Waals surface area contributed by atoms with E-state index in [1.54, 1.807) is 0 Å². The van der Waals surface area contributed by atoms with Gasteiger partial charge < -0.3 is 11.1 Å². The first kappa shape index (κ1) is 14.4. The smallest absolute Gasteiger partial charge is 0.295 e. The zero-order valence-electron chi connectivity index (χ0n) is 9.28. The zero-order valence-corrected chi connectivity index (χ0v) is 10.9. The summed E-state index contributed by atoms with van der Waals surface area (Å²) in [5.41, 5.74) is 4.80. The molecule has 1 aromatic carbocycles. The molecule has 1 aromatic rings. The van der Waals surface area contributed by atoms with Crippen LogP contribution in [0.25, 0.3) is 0 Å². The largest absolute Gasteiger partial charge is 0.379 e. The van der Waals surface area contributed by atoms with Crippen molar-refractivity contribution in [3.05, 3.63) is 32.5 Å². The third kappa shape index (κ3) is 3.95. The summed E-state index contributed by atoms with van der Waals surface area (Å²) in [6.07, 6.45) is 0.630. The van der Waals surface area contributed by atoms with Crippen LogP contribution in [0.15, 0.2) is 16.6 Å². The number of rotatable bonds is 6. The summed E-state index contributed by atoms with van der Waals surface area (Å²) in [6.45, 7) is 0.335. The van der Waals surface area contributed by atoms with Crippen molar-refractivity contribution in [1.82, 2.24) is 0 Å². The number of halogens is 2. The summed E-state index contributed by atoms with van der Waals surface area (Å²) in [5.74, 6) is -1.14. The van der Waals surface area contributed by atoms with Crippen molar-refractivity contribution < 1.29 is 14.1 Å². The van der Waals surface area contributed by atoms with E-state index in [0.29, 0.717) is 13.0 Å². The molecule has 0 aliphatic rings. The molecule has 0 unspecified atom stereocenters. The van der Waals surface area contributed by atoms with Crippen molar-refractivity contribution in [2.24, 2.45) is 5.73 Å². The van der Waals surface area contributed by atoms with E-state index < -0.39 is 16.6 Å². The summed E-state index contributed by atoms with van der Waals surface area (Å²) >= 11 is 2.95. The lowest BCUT2D eigenvalue weighted by atomic mass is 10.2. The molecular weight excluding hydrogens is 309 g/mol. The SMILES string of the molecule is NC(=O)CCCNc1cc(Br)c(F)cc1[N+](=O)[O-]. The Morgan fingerprint density at radius 2 is 2.22 bits per heavy atom. The molecule has 0 heterocycles. The second-order valence-electron chi connectivity index (χ2n) is 3.54. The molecule has 0 atom stereocenters. The lowest BCUT2D eigenvalue weighted by molar-refractivity contribution is -0.384. The molecule has 8 heteroatoms. The van der Waals surface area contributed by atoms with Gasteiger partial charge in [-0.15, -0.1) is 0 Å². The molecular formula is C10H11BrFN3O3. The number of benzene rings is 1. The third-order valence-corrected chi connectivity index (χ3v) is 2.76. The van der Waals surface area contributed by atoms with Crippen LogP contribution >= 0.6 is 15.9 Å². The highest BCUT2D eigenvalue weighted by atomic mass is 79.9. The van der Waals surface area contributed by atoms with E-state index in [1.165, 1.54) is 6.07 Å². The summed E-state index contributed by atoms with van der Waals surface area (Å²) in [5, 5.41) is 13.5. The van der Waals surface area contributed by atoms with E-state index in [9.17, 15) is 19.3 Å². The van der Waals surface area contributed by atoms with Crippen LogP contribution in [-0.2, 0) is 4.79 Å². The van der Waals surface area contributed by atoms with Gasteiger partial charge >= 0.3 is 0 Å². The number of hydrogen-bond acceptors (Lipinski definition) is 4. The Labute approximate surface area is 111 Å². The number of nitrogens with one attached hydrogen (secondary N) is 1. The lowest BCUT2D eigenvalue weighted by Gasteiger charge is -2.07. The molecule has 0 aliphatic heterocycles. The number of nitro groups is 1. The number of anilines is 1. The molecule has 1 amide bonds. The Bertz CT molecular complexity index is 482. The van der Waals surface area contributed by atoms with Crippen LogP contribution < -0.4 is 11.1 Å². The molecule has 0 radical (unpaired) electrons. The molecule has 0 aliphatic carbocycles. The molecule has 98 valence electrons. The molecule has 0 spiro atoms. The number of carbonyl (C=O) groups excluding carboxylic acids is 1. The quantitative estimate of drug-likeness (QED) is 0.477. The maximum atomic E-state index is 13.2. The van der Waals surface area contributed by atoms with Gasteiger partial charge in [0.1, 0.15) is 11.5 Å². The van der Waals surface area contributed by atoms with Gasteiger partial charge in [-0.1, -0.05) is 0 Å². The molecule has 3 N–H and O–H groups in total. The summed E-state index contributed by atoms with van der Waals surface area (Å²) < 4.78 is 13.3. The van der Waals surface area contributed by atoms with Gasteiger partial charge in [-0.05, 0) is 28.4 Å². The molecule has 0 bridgehead atoms. The number of nitrogens with zero attached hydrogens (tertiary/aromatic N) is 1. The second kappa shape index (κ2) is 6.29. The van der Waals surface area contributed by atoms with Crippen molar-refractivity contribution in [3.63, 3.8) is 0 Å².